The van der Waals surface area contributed by atoms with E-state index in [0.29, 0.717) is 44.8 Å². The molecule has 1 aromatic carbocycles. The highest BCUT2D eigenvalue weighted by Crippen LogP contribution is 2.35. The Bertz CT molecular complexity index is 976. The summed E-state index contributed by atoms with van der Waals surface area (Å²) in [5.41, 5.74) is 0.661. The van der Waals surface area contributed by atoms with Crippen LogP contribution in [0.15, 0.2) is 24.3 Å². The lowest BCUT2D eigenvalue weighted by Gasteiger charge is -2.39. The van der Waals surface area contributed by atoms with Gasteiger partial charge in [0, 0.05) is 39.0 Å². The third-order valence-electron chi connectivity index (χ3n) is 7.30. The first-order valence-corrected chi connectivity index (χ1v) is 13.9. The Labute approximate surface area is 221 Å². The van der Waals surface area contributed by atoms with Crippen molar-refractivity contribution < 1.29 is 19.2 Å². The normalized spacial score (nSPS) is 22.1. The molecular weight excluding hydrogens is 468 g/mol. The zero-order chi connectivity index (χ0) is 27.0. The Kier molecular flexibility index (Phi) is 10.1. The Morgan fingerprint density at radius 2 is 1.76 bits per heavy atom. The summed E-state index contributed by atoms with van der Waals surface area (Å²) in [5.74, 6) is -0.0368. The first-order chi connectivity index (χ1) is 17.6. The fourth-order valence-corrected chi connectivity index (χ4v) is 5.29. The lowest BCUT2D eigenvalue weighted by molar-refractivity contribution is -0.140. The number of hydrogen-bond donors (Lipinski definition) is 2. The molecule has 0 bridgehead atoms. The molecule has 8 heteroatoms. The number of carbonyl (C=O) groups excluding carboxylic acids is 4. The molecule has 4 amide bonds. The van der Waals surface area contributed by atoms with Crippen LogP contribution in [0.25, 0.3) is 0 Å². The van der Waals surface area contributed by atoms with Crippen molar-refractivity contribution in [3.05, 3.63) is 35.4 Å². The van der Waals surface area contributed by atoms with E-state index in [1.807, 2.05) is 38.1 Å². The van der Waals surface area contributed by atoms with Crippen molar-refractivity contribution in [3.8, 4) is 0 Å². The average Bonchev–Trinajstić information content (AvgIpc) is 2.84. The highest BCUT2D eigenvalue weighted by atomic mass is 16.2. The summed E-state index contributed by atoms with van der Waals surface area (Å²) in [7, 11) is 0. The lowest BCUT2D eigenvalue weighted by atomic mass is 9.75. The Morgan fingerprint density at radius 1 is 1.00 bits per heavy atom. The molecule has 0 saturated carbocycles. The Morgan fingerprint density at radius 3 is 2.49 bits per heavy atom. The minimum Gasteiger partial charge on any atom is -0.352 e. The van der Waals surface area contributed by atoms with Crippen LogP contribution in [0.3, 0.4) is 0 Å². The maximum Gasteiger partial charge on any atom is 0.250 e. The van der Waals surface area contributed by atoms with Gasteiger partial charge in [-0.05, 0) is 55.1 Å². The van der Waals surface area contributed by atoms with Crippen LogP contribution in [0.1, 0.15) is 77.3 Å². The number of benzene rings is 1. The summed E-state index contributed by atoms with van der Waals surface area (Å²) in [5, 5.41) is 6.09. The van der Waals surface area contributed by atoms with Gasteiger partial charge in [-0.25, -0.2) is 0 Å². The van der Waals surface area contributed by atoms with E-state index in [9.17, 15) is 19.2 Å². The number of amides is 4. The molecule has 1 aromatic rings. The fourth-order valence-electron chi connectivity index (χ4n) is 5.29. The van der Waals surface area contributed by atoms with Crippen LogP contribution in [0, 0.1) is 11.8 Å². The third kappa shape index (κ3) is 7.55. The SMILES string of the molecule is CC(C)CCN1CC(=O)NC2(CCCc3ccccc32)C(=O)NCCN(C(=O)CC(C)C)CCCC1=O. The van der Waals surface area contributed by atoms with Crippen LogP contribution < -0.4 is 10.6 Å². The van der Waals surface area contributed by atoms with Gasteiger partial charge in [0.15, 0.2) is 0 Å². The van der Waals surface area contributed by atoms with Crippen molar-refractivity contribution in [1.82, 2.24) is 20.4 Å². The van der Waals surface area contributed by atoms with Crippen LogP contribution in [-0.4, -0.2) is 66.2 Å². The minimum absolute atomic E-state index is 0.0338. The zero-order valence-corrected chi connectivity index (χ0v) is 23.0. The van der Waals surface area contributed by atoms with Crippen LogP contribution in [0.5, 0.6) is 0 Å². The van der Waals surface area contributed by atoms with Gasteiger partial charge < -0.3 is 20.4 Å². The van der Waals surface area contributed by atoms with Crippen LogP contribution >= 0.6 is 0 Å². The van der Waals surface area contributed by atoms with Gasteiger partial charge in [0.25, 0.3) is 5.91 Å². The van der Waals surface area contributed by atoms with E-state index >= 15 is 0 Å². The molecule has 1 aliphatic heterocycles. The van der Waals surface area contributed by atoms with Crippen molar-refractivity contribution >= 4 is 23.6 Å². The quantitative estimate of drug-likeness (QED) is 0.634. The molecule has 1 fully saturated rings. The maximum atomic E-state index is 13.8. The van der Waals surface area contributed by atoms with E-state index in [0.717, 1.165) is 30.4 Å². The van der Waals surface area contributed by atoms with E-state index in [4.69, 9.17) is 0 Å². The van der Waals surface area contributed by atoms with Gasteiger partial charge in [0.05, 0.1) is 6.54 Å². The second-order valence-corrected chi connectivity index (χ2v) is 11.3. The molecule has 37 heavy (non-hydrogen) atoms. The van der Waals surface area contributed by atoms with Crippen molar-refractivity contribution in [1.29, 1.82) is 0 Å². The van der Waals surface area contributed by atoms with Crippen LogP contribution in [0.4, 0.5) is 0 Å². The first kappa shape index (κ1) is 28.7. The van der Waals surface area contributed by atoms with Crippen LogP contribution in [0.2, 0.25) is 0 Å². The summed E-state index contributed by atoms with van der Waals surface area (Å²) in [6.07, 6.45) is 4.10. The number of nitrogens with zero attached hydrogens (tertiary/aromatic N) is 2. The van der Waals surface area contributed by atoms with Gasteiger partial charge in [-0.2, -0.15) is 0 Å². The highest BCUT2D eigenvalue weighted by Gasteiger charge is 2.44. The zero-order valence-electron chi connectivity index (χ0n) is 23.0. The van der Waals surface area contributed by atoms with E-state index in [1.165, 1.54) is 0 Å². The molecule has 1 atom stereocenters. The molecule has 3 rings (SSSR count). The molecule has 2 aliphatic rings. The molecule has 2 N–H and O–H groups in total. The molecular formula is C29H44N4O4. The second kappa shape index (κ2) is 13.1. The van der Waals surface area contributed by atoms with Gasteiger partial charge in [-0.1, -0.05) is 52.0 Å². The minimum atomic E-state index is -1.20. The molecule has 0 radical (unpaired) electrons. The van der Waals surface area contributed by atoms with Crippen molar-refractivity contribution in [2.24, 2.45) is 11.8 Å². The summed E-state index contributed by atoms with van der Waals surface area (Å²) >= 11 is 0. The summed E-state index contributed by atoms with van der Waals surface area (Å²) < 4.78 is 0. The Hall–Kier alpha value is -2.90. The highest BCUT2D eigenvalue weighted by molar-refractivity contribution is 5.94. The summed E-state index contributed by atoms with van der Waals surface area (Å²) in [6, 6.07) is 7.76. The van der Waals surface area contributed by atoms with Crippen molar-refractivity contribution in [2.75, 3.05) is 32.7 Å². The third-order valence-corrected chi connectivity index (χ3v) is 7.30. The smallest absolute Gasteiger partial charge is 0.250 e. The predicted molar refractivity (Wildman–Crippen MR) is 144 cm³/mol. The molecule has 8 nitrogen and oxygen atoms in total. The molecule has 1 spiro atoms. The van der Waals surface area contributed by atoms with E-state index in [2.05, 4.69) is 24.5 Å². The second-order valence-electron chi connectivity index (χ2n) is 11.3. The van der Waals surface area contributed by atoms with Gasteiger partial charge in [0.2, 0.25) is 17.7 Å². The summed E-state index contributed by atoms with van der Waals surface area (Å²) in [6.45, 7) is 9.70. The standard InChI is InChI=1S/C29H44N4O4/c1-21(2)13-17-33-20-25(34)31-29(14-7-10-23-9-5-6-11-24(23)29)28(37)30-15-18-32(16-8-12-26(33)35)27(36)19-22(3)4/h5-6,9,11,21-22H,7-8,10,12-20H2,1-4H3,(H,30,37)(H,31,34). The largest absolute Gasteiger partial charge is 0.352 e. The number of fused-ring (bicyclic) bond motifs is 2. The molecule has 0 aromatic heterocycles. The number of nitrogens with one attached hydrogen (secondary N) is 2. The summed E-state index contributed by atoms with van der Waals surface area (Å²) in [4.78, 5) is 56.6. The number of hydrogen-bond acceptors (Lipinski definition) is 4. The lowest BCUT2D eigenvalue weighted by Crippen LogP contribution is -2.60. The first-order valence-electron chi connectivity index (χ1n) is 13.9. The van der Waals surface area contributed by atoms with E-state index < -0.39 is 5.54 Å². The van der Waals surface area contributed by atoms with E-state index in [-0.39, 0.29) is 49.1 Å². The molecule has 1 aliphatic carbocycles. The van der Waals surface area contributed by atoms with Crippen molar-refractivity contribution in [2.45, 2.75) is 78.2 Å². The van der Waals surface area contributed by atoms with Gasteiger partial charge in [0.1, 0.15) is 5.54 Å². The van der Waals surface area contributed by atoms with Gasteiger partial charge >= 0.3 is 0 Å². The fraction of sp³-hybridized carbons (Fsp3) is 0.655. The molecule has 1 unspecified atom stereocenters. The van der Waals surface area contributed by atoms with Gasteiger partial charge in [-0.3, -0.25) is 19.2 Å². The topological polar surface area (TPSA) is 98.8 Å². The molecule has 1 saturated heterocycles. The maximum absolute atomic E-state index is 13.8. The van der Waals surface area contributed by atoms with Gasteiger partial charge in [-0.15, -0.1) is 0 Å². The number of aryl methyl sites for hydroxylation is 1. The predicted octanol–water partition coefficient (Wildman–Crippen LogP) is 2.99. The van der Waals surface area contributed by atoms with Crippen LogP contribution in [-0.2, 0) is 31.1 Å². The number of rotatable bonds is 5. The van der Waals surface area contributed by atoms with Crippen molar-refractivity contribution in [3.63, 3.8) is 0 Å². The number of carbonyl (C=O) groups is 4. The molecule has 204 valence electrons. The monoisotopic (exact) mass is 512 g/mol. The Balaban J connectivity index is 1.92. The molecule has 1 heterocycles. The van der Waals surface area contributed by atoms with E-state index in [1.54, 1.807) is 9.80 Å². The average molecular weight is 513 g/mol.